The number of fused-ring (bicyclic) bond motifs is 1. The number of pyridine rings is 1. The molecule has 0 amide bonds. The van der Waals surface area contributed by atoms with Crippen LogP contribution in [0.15, 0.2) is 30.5 Å². The van der Waals surface area contributed by atoms with Crippen molar-refractivity contribution < 1.29 is 14.3 Å². The van der Waals surface area contributed by atoms with Crippen molar-refractivity contribution in [3.63, 3.8) is 0 Å². The quantitative estimate of drug-likeness (QED) is 0.780. The Morgan fingerprint density at radius 2 is 2.06 bits per heavy atom. The fraction of sp³-hybridized carbons (Fsp3) is 0.286. The van der Waals surface area contributed by atoms with E-state index in [0.717, 1.165) is 16.5 Å². The highest BCUT2D eigenvalue weighted by Gasteiger charge is 2.12. The van der Waals surface area contributed by atoms with E-state index in [-0.39, 0.29) is 12.1 Å². The Balaban J connectivity index is 2.62. The Bertz CT molecular complexity index is 580. The van der Waals surface area contributed by atoms with Gasteiger partial charge >= 0.3 is 5.97 Å². The number of carbonyl (C=O) groups is 1. The Morgan fingerprint density at radius 3 is 2.72 bits per heavy atom. The minimum atomic E-state index is -0.357. The number of hydrogen-bond acceptors (Lipinski definition) is 4. The smallest absolute Gasteiger partial charge is 0.338 e. The van der Waals surface area contributed by atoms with Gasteiger partial charge in [0.05, 0.1) is 24.3 Å². The molecular formula is C14H15NO3. The number of ether oxygens (including phenoxy) is 2. The number of hydrogen-bond donors (Lipinski definition) is 0. The summed E-state index contributed by atoms with van der Waals surface area (Å²) in [6.07, 6.45) is 1.58. The molecule has 0 aliphatic rings. The van der Waals surface area contributed by atoms with Gasteiger partial charge in [-0.25, -0.2) is 4.79 Å². The van der Waals surface area contributed by atoms with E-state index in [9.17, 15) is 4.79 Å². The maximum Gasteiger partial charge on any atom is 0.338 e. The minimum Gasteiger partial charge on any atom is -0.465 e. The first-order valence-corrected chi connectivity index (χ1v) is 5.67. The zero-order valence-electron chi connectivity index (χ0n) is 10.6. The molecule has 0 aliphatic heterocycles. The summed E-state index contributed by atoms with van der Waals surface area (Å²) in [4.78, 5) is 15.9. The molecule has 0 unspecified atom stereocenters. The lowest BCUT2D eigenvalue weighted by molar-refractivity contribution is 0.0603. The van der Waals surface area contributed by atoms with E-state index in [1.54, 1.807) is 19.4 Å². The average Bonchev–Trinajstić information content (AvgIpc) is 2.44. The van der Waals surface area contributed by atoms with E-state index in [0.29, 0.717) is 5.56 Å². The Hall–Kier alpha value is -1.94. The third-order valence-corrected chi connectivity index (χ3v) is 2.99. The van der Waals surface area contributed by atoms with Gasteiger partial charge in [-0.3, -0.25) is 4.98 Å². The molecule has 1 heterocycles. The number of nitrogens with zero attached hydrogens (tertiary/aromatic N) is 1. The number of carbonyl (C=O) groups excluding carboxylic acids is 1. The van der Waals surface area contributed by atoms with Crippen LogP contribution in [-0.2, 0) is 9.47 Å². The Morgan fingerprint density at radius 1 is 1.28 bits per heavy atom. The fourth-order valence-electron chi connectivity index (χ4n) is 1.84. The summed E-state index contributed by atoms with van der Waals surface area (Å²) in [5.74, 6) is -0.357. The molecule has 1 aromatic heterocycles. The van der Waals surface area contributed by atoms with Gasteiger partial charge in [0, 0.05) is 18.7 Å². The van der Waals surface area contributed by atoms with Crippen molar-refractivity contribution in [2.45, 2.75) is 13.0 Å². The van der Waals surface area contributed by atoms with Crippen molar-refractivity contribution in [3.8, 4) is 0 Å². The second kappa shape index (κ2) is 5.14. The lowest BCUT2D eigenvalue weighted by atomic mass is 10.0. The topological polar surface area (TPSA) is 48.4 Å². The van der Waals surface area contributed by atoms with E-state index in [4.69, 9.17) is 9.47 Å². The third-order valence-electron chi connectivity index (χ3n) is 2.99. The Labute approximate surface area is 106 Å². The van der Waals surface area contributed by atoms with Crippen LogP contribution in [0.3, 0.4) is 0 Å². The highest BCUT2D eigenvalue weighted by Crippen LogP contribution is 2.23. The zero-order valence-corrected chi connectivity index (χ0v) is 10.6. The summed E-state index contributed by atoms with van der Waals surface area (Å²) >= 11 is 0. The highest BCUT2D eigenvalue weighted by molar-refractivity contribution is 6.03. The molecule has 18 heavy (non-hydrogen) atoms. The van der Waals surface area contributed by atoms with Crippen LogP contribution in [0.2, 0.25) is 0 Å². The first-order valence-electron chi connectivity index (χ1n) is 5.67. The predicted molar refractivity (Wildman–Crippen MR) is 68.5 cm³/mol. The normalized spacial score (nSPS) is 12.4. The lowest BCUT2D eigenvalue weighted by Gasteiger charge is -2.11. The minimum absolute atomic E-state index is 0.0277. The highest BCUT2D eigenvalue weighted by atomic mass is 16.5. The summed E-state index contributed by atoms with van der Waals surface area (Å²) in [5.41, 5.74) is 2.29. The second-order valence-electron chi connectivity index (χ2n) is 4.00. The molecule has 0 saturated heterocycles. The molecule has 0 radical (unpaired) electrons. The van der Waals surface area contributed by atoms with Gasteiger partial charge in [-0.05, 0) is 30.7 Å². The molecular weight excluding hydrogens is 230 g/mol. The van der Waals surface area contributed by atoms with Crippen LogP contribution in [0.1, 0.15) is 28.9 Å². The lowest BCUT2D eigenvalue weighted by Crippen LogP contribution is -2.03. The van der Waals surface area contributed by atoms with Crippen molar-refractivity contribution in [2.24, 2.45) is 0 Å². The van der Waals surface area contributed by atoms with E-state index in [1.165, 1.54) is 7.11 Å². The number of aromatic nitrogens is 1. The van der Waals surface area contributed by atoms with Gasteiger partial charge in [0.15, 0.2) is 0 Å². The largest absolute Gasteiger partial charge is 0.465 e. The van der Waals surface area contributed by atoms with Gasteiger partial charge in [-0.15, -0.1) is 0 Å². The van der Waals surface area contributed by atoms with Crippen LogP contribution >= 0.6 is 0 Å². The summed E-state index contributed by atoms with van der Waals surface area (Å²) in [6.45, 7) is 1.95. The molecule has 0 spiro atoms. The Kier molecular flexibility index (Phi) is 3.58. The molecule has 0 aliphatic carbocycles. The van der Waals surface area contributed by atoms with Gasteiger partial charge < -0.3 is 9.47 Å². The van der Waals surface area contributed by atoms with Crippen LogP contribution < -0.4 is 0 Å². The average molecular weight is 245 g/mol. The molecule has 4 heteroatoms. The van der Waals surface area contributed by atoms with E-state index in [2.05, 4.69) is 4.98 Å². The van der Waals surface area contributed by atoms with E-state index < -0.39 is 0 Å². The summed E-state index contributed by atoms with van der Waals surface area (Å²) in [7, 11) is 3.02. The van der Waals surface area contributed by atoms with Crippen molar-refractivity contribution in [3.05, 3.63) is 41.6 Å². The van der Waals surface area contributed by atoms with Crippen molar-refractivity contribution >= 4 is 16.9 Å². The molecule has 2 aromatic rings. The molecule has 0 saturated carbocycles. The van der Waals surface area contributed by atoms with E-state index in [1.807, 2.05) is 25.1 Å². The van der Waals surface area contributed by atoms with Crippen LogP contribution in [0.4, 0.5) is 0 Å². The molecule has 2 rings (SSSR count). The monoisotopic (exact) mass is 245 g/mol. The van der Waals surface area contributed by atoms with Crippen LogP contribution in [-0.4, -0.2) is 25.2 Å². The van der Waals surface area contributed by atoms with Gasteiger partial charge in [0.1, 0.15) is 0 Å². The fourth-order valence-corrected chi connectivity index (χ4v) is 1.84. The molecule has 0 bridgehead atoms. The molecule has 0 N–H and O–H groups in total. The summed E-state index contributed by atoms with van der Waals surface area (Å²) in [5, 5.41) is 0.783. The first-order chi connectivity index (χ1) is 8.67. The summed E-state index contributed by atoms with van der Waals surface area (Å²) in [6, 6.07) is 7.41. The molecule has 1 atom stereocenters. The van der Waals surface area contributed by atoms with Gasteiger partial charge in [-0.1, -0.05) is 6.07 Å². The van der Waals surface area contributed by atoms with Crippen LogP contribution in [0, 0.1) is 0 Å². The SMILES string of the molecule is COC(=O)c1ccnc2ccc([C@@H](C)OC)cc12. The van der Waals surface area contributed by atoms with Crippen molar-refractivity contribution in [2.75, 3.05) is 14.2 Å². The van der Waals surface area contributed by atoms with Gasteiger partial charge in [0.2, 0.25) is 0 Å². The number of methoxy groups -OCH3 is 2. The third kappa shape index (κ3) is 2.19. The molecule has 0 fully saturated rings. The molecule has 4 nitrogen and oxygen atoms in total. The van der Waals surface area contributed by atoms with Gasteiger partial charge in [-0.2, -0.15) is 0 Å². The summed E-state index contributed by atoms with van der Waals surface area (Å²) < 4.78 is 10.0. The van der Waals surface area contributed by atoms with Crippen molar-refractivity contribution in [1.29, 1.82) is 0 Å². The van der Waals surface area contributed by atoms with Crippen molar-refractivity contribution in [1.82, 2.24) is 4.98 Å². The van der Waals surface area contributed by atoms with Gasteiger partial charge in [0.25, 0.3) is 0 Å². The molecule has 94 valence electrons. The molecule has 1 aromatic carbocycles. The first kappa shape index (κ1) is 12.5. The van der Waals surface area contributed by atoms with Crippen LogP contribution in [0.25, 0.3) is 10.9 Å². The number of rotatable bonds is 3. The second-order valence-corrected chi connectivity index (χ2v) is 4.00. The van der Waals surface area contributed by atoms with Crippen LogP contribution in [0.5, 0.6) is 0 Å². The number of benzene rings is 1. The maximum absolute atomic E-state index is 11.7. The predicted octanol–water partition coefficient (Wildman–Crippen LogP) is 2.73. The maximum atomic E-state index is 11.7. The number of esters is 1. The zero-order chi connectivity index (χ0) is 13.1. The van der Waals surface area contributed by atoms with E-state index >= 15 is 0 Å². The standard InChI is InChI=1S/C14H15NO3/c1-9(17-2)10-4-5-13-12(8-10)11(6-7-15-13)14(16)18-3/h4-9H,1-3H3/t9-/m1/s1.